The third kappa shape index (κ3) is 4.93. The third-order valence-corrected chi connectivity index (χ3v) is 4.34. The van der Waals surface area contributed by atoms with E-state index < -0.39 is 0 Å². The quantitative estimate of drug-likeness (QED) is 0.850. The monoisotopic (exact) mass is 353 g/mol. The van der Waals surface area contributed by atoms with Gasteiger partial charge in [-0.15, -0.1) is 0 Å². The molecule has 1 heterocycles. The van der Waals surface area contributed by atoms with Crippen molar-refractivity contribution in [1.82, 2.24) is 10.2 Å². The lowest BCUT2D eigenvalue weighted by Crippen LogP contribution is -2.43. The van der Waals surface area contributed by atoms with Crippen LogP contribution in [0.3, 0.4) is 0 Å². The number of amides is 2. The number of hydrogen-bond acceptors (Lipinski definition) is 4. The van der Waals surface area contributed by atoms with Crippen molar-refractivity contribution in [2.24, 2.45) is 0 Å². The lowest BCUT2D eigenvalue weighted by molar-refractivity contribution is -0.117. The SMILES string of the molecule is CC(C)N(C)C(=O)c1ccc(Cl)c(NC(=O)CC2COCCN2)c1. The maximum Gasteiger partial charge on any atom is 0.253 e. The van der Waals surface area contributed by atoms with E-state index in [0.29, 0.717) is 35.9 Å². The van der Waals surface area contributed by atoms with Gasteiger partial charge in [0.25, 0.3) is 5.91 Å². The second-order valence-electron chi connectivity index (χ2n) is 6.18. The molecule has 0 aliphatic carbocycles. The molecule has 6 nitrogen and oxygen atoms in total. The number of morpholine rings is 1. The Hall–Kier alpha value is -1.63. The minimum atomic E-state index is -0.165. The van der Waals surface area contributed by atoms with Gasteiger partial charge >= 0.3 is 0 Å². The molecule has 7 heteroatoms. The topological polar surface area (TPSA) is 70.7 Å². The van der Waals surface area contributed by atoms with Crippen LogP contribution in [0.2, 0.25) is 5.02 Å². The Balaban J connectivity index is 2.05. The average molecular weight is 354 g/mol. The van der Waals surface area contributed by atoms with Gasteiger partial charge in [0.2, 0.25) is 5.91 Å². The molecule has 0 radical (unpaired) electrons. The highest BCUT2D eigenvalue weighted by atomic mass is 35.5. The highest BCUT2D eigenvalue weighted by Crippen LogP contribution is 2.24. The highest BCUT2D eigenvalue weighted by Gasteiger charge is 2.19. The fourth-order valence-corrected chi connectivity index (χ4v) is 2.53. The van der Waals surface area contributed by atoms with Crippen molar-refractivity contribution in [3.05, 3.63) is 28.8 Å². The van der Waals surface area contributed by atoms with E-state index in [4.69, 9.17) is 16.3 Å². The van der Waals surface area contributed by atoms with Gasteiger partial charge < -0.3 is 20.3 Å². The summed E-state index contributed by atoms with van der Waals surface area (Å²) >= 11 is 6.15. The van der Waals surface area contributed by atoms with Crippen molar-refractivity contribution in [3.8, 4) is 0 Å². The molecule has 1 aliphatic heterocycles. The first kappa shape index (κ1) is 18.7. The number of anilines is 1. The molecule has 1 unspecified atom stereocenters. The summed E-state index contributed by atoms with van der Waals surface area (Å²) < 4.78 is 5.34. The Morgan fingerprint density at radius 1 is 1.46 bits per heavy atom. The molecule has 1 aromatic rings. The standard InChI is InChI=1S/C17H24ClN3O3/c1-11(2)21(3)17(23)12-4-5-14(18)15(8-12)20-16(22)9-13-10-24-7-6-19-13/h4-5,8,11,13,19H,6-7,9-10H2,1-3H3,(H,20,22). The maximum absolute atomic E-state index is 12.4. The van der Waals surface area contributed by atoms with E-state index in [-0.39, 0.29) is 23.9 Å². The molecule has 1 aromatic carbocycles. The summed E-state index contributed by atoms with van der Waals surface area (Å²) in [6, 6.07) is 4.99. The number of ether oxygens (including phenoxy) is 1. The Labute approximate surface area is 147 Å². The fraction of sp³-hybridized carbons (Fsp3) is 0.529. The summed E-state index contributed by atoms with van der Waals surface area (Å²) in [4.78, 5) is 26.2. The van der Waals surface area contributed by atoms with Crippen LogP contribution in [-0.2, 0) is 9.53 Å². The Kier molecular flexibility index (Phi) is 6.60. The van der Waals surface area contributed by atoms with Gasteiger partial charge in [0.15, 0.2) is 0 Å². The number of halogens is 1. The number of rotatable bonds is 5. The van der Waals surface area contributed by atoms with E-state index in [1.807, 2.05) is 13.8 Å². The molecule has 0 bridgehead atoms. The summed E-state index contributed by atoms with van der Waals surface area (Å²) in [5.41, 5.74) is 0.937. The molecule has 1 fully saturated rings. The van der Waals surface area contributed by atoms with Crippen LogP contribution in [0.25, 0.3) is 0 Å². The van der Waals surface area contributed by atoms with E-state index in [9.17, 15) is 9.59 Å². The van der Waals surface area contributed by atoms with E-state index in [1.54, 1.807) is 30.1 Å². The molecule has 0 spiro atoms. The molecule has 2 N–H and O–H groups in total. The van der Waals surface area contributed by atoms with Gasteiger partial charge in [0, 0.05) is 37.7 Å². The van der Waals surface area contributed by atoms with Crippen LogP contribution < -0.4 is 10.6 Å². The smallest absolute Gasteiger partial charge is 0.253 e. The zero-order valence-electron chi connectivity index (χ0n) is 14.3. The zero-order valence-corrected chi connectivity index (χ0v) is 15.0. The van der Waals surface area contributed by atoms with Gasteiger partial charge in [-0.2, -0.15) is 0 Å². The molecule has 0 aromatic heterocycles. The third-order valence-electron chi connectivity index (χ3n) is 4.01. The van der Waals surface area contributed by atoms with Crippen molar-refractivity contribution in [3.63, 3.8) is 0 Å². The largest absolute Gasteiger partial charge is 0.378 e. The number of nitrogens with one attached hydrogen (secondary N) is 2. The molecular formula is C17H24ClN3O3. The number of benzene rings is 1. The first-order valence-electron chi connectivity index (χ1n) is 8.06. The molecule has 24 heavy (non-hydrogen) atoms. The van der Waals surface area contributed by atoms with Crippen molar-refractivity contribution >= 4 is 29.1 Å². The summed E-state index contributed by atoms with van der Waals surface area (Å²) in [5.74, 6) is -0.277. The van der Waals surface area contributed by atoms with Crippen molar-refractivity contribution in [2.75, 3.05) is 32.1 Å². The second kappa shape index (κ2) is 8.46. The molecule has 132 valence electrons. The van der Waals surface area contributed by atoms with Gasteiger partial charge in [-0.1, -0.05) is 11.6 Å². The highest BCUT2D eigenvalue weighted by molar-refractivity contribution is 6.33. The van der Waals surface area contributed by atoms with Gasteiger partial charge in [-0.25, -0.2) is 0 Å². The maximum atomic E-state index is 12.4. The van der Waals surface area contributed by atoms with Crippen molar-refractivity contribution < 1.29 is 14.3 Å². The lowest BCUT2D eigenvalue weighted by Gasteiger charge is -2.23. The number of hydrogen-bond donors (Lipinski definition) is 2. The number of nitrogens with zero attached hydrogens (tertiary/aromatic N) is 1. The molecule has 0 saturated carbocycles. The Morgan fingerprint density at radius 2 is 2.21 bits per heavy atom. The van der Waals surface area contributed by atoms with Gasteiger partial charge in [-0.3, -0.25) is 9.59 Å². The van der Waals surface area contributed by atoms with Crippen LogP contribution >= 0.6 is 11.6 Å². The molecule has 1 saturated heterocycles. The van der Waals surface area contributed by atoms with Gasteiger partial charge in [0.05, 0.1) is 23.9 Å². The number of carbonyl (C=O) groups excluding carboxylic acids is 2. The summed E-state index contributed by atoms with van der Waals surface area (Å²) in [7, 11) is 1.74. The molecule has 1 aliphatic rings. The summed E-state index contributed by atoms with van der Waals surface area (Å²) in [6.07, 6.45) is 0.292. The average Bonchev–Trinajstić information content (AvgIpc) is 2.56. The van der Waals surface area contributed by atoms with Crippen molar-refractivity contribution in [2.45, 2.75) is 32.4 Å². The lowest BCUT2D eigenvalue weighted by atomic mass is 10.1. The minimum Gasteiger partial charge on any atom is -0.378 e. The first-order valence-corrected chi connectivity index (χ1v) is 8.44. The van der Waals surface area contributed by atoms with Gasteiger partial charge in [-0.05, 0) is 32.0 Å². The molecule has 1 atom stereocenters. The normalized spacial score (nSPS) is 17.6. The van der Waals surface area contributed by atoms with Crippen LogP contribution in [-0.4, -0.2) is 55.6 Å². The summed E-state index contributed by atoms with van der Waals surface area (Å²) in [6.45, 7) is 5.80. The molecule has 2 rings (SSSR count). The fourth-order valence-electron chi connectivity index (χ4n) is 2.37. The molecular weight excluding hydrogens is 330 g/mol. The predicted octanol–water partition coefficient (Wildman–Crippen LogP) is 2.14. The second-order valence-corrected chi connectivity index (χ2v) is 6.59. The van der Waals surface area contributed by atoms with Crippen LogP contribution in [0, 0.1) is 0 Å². The van der Waals surface area contributed by atoms with E-state index in [0.717, 1.165) is 6.54 Å². The first-order chi connectivity index (χ1) is 11.4. The van der Waals surface area contributed by atoms with E-state index in [2.05, 4.69) is 10.6 Å². The van der Waals surface area contributed by atoms with Crippen LogP contribution in [0.1, 0.15) is 30.6 Å². The van der Waals surface area contributed by atoms with E-state index >= 15 is 0 Å². The Morgan fingerprint density at radius 3 is 2.83 bits per heavy atom. The van der Waals surface area contributed by atoms with E-state index in [1.165, 1.54) is 0 Å². The number of carbonyl (C=O) groups is 2. The summed E-state index contributed by atoms with van der Waals surface area (Å²) in [5, 5.41) is 6.41. The van der Waals surface area contributed by atoms with Crippen LogP contribution in [0.5, 0.6) is 0 Å². The zero-order chi connectivity index (χ0) is 17.7. The Bertz CT molecular complexity index is 601. The van der Waals surface area contributed by atoms with Crippen molar-refractivity contribution in [1.29, 1.82) is 0 Å². The molecule has 2 amide bonds. The van der Waals surface area contributed by atoms with Gasteiger partial charge in [0.1, 0.15) is 0 Å². The van der Waals surface area contributed by atoms with Crippen LogP contribution in [0.4, 0.5) is 5.69 Å². The minimum absolute atomic E-state index is 0.00517. The van der Waals surface area contributed by atoms with Crippen LogP contribution in [0.15, 0.2) is 18.2 Å². The predicted molar refractivity (Wildman–Crippen MR) is 94.5 cm³/mol.